The van der Waals surface area contributed by atoms with Crippen molar-refractivity contribution in [3.05, 3.63) is 64.3 Å². The minimum absolute atomic E-state index is 0.00700. The van der Waals surface area contributed by atoms with Crippen LogP contribution in [0.4, 0.5) is 0 Å². The molecule has 1 aromatic carbocycles. The van der Waals surface area contributed by atoms with Crippen LogP contribution in [-0.4, -0.2) is 21.1 Å². The number of benzene rings is 1. The van der Waals surface area contributed by atoms with E-state index in [2.05, 4.69) is 15.1 Å². The second-order valence-electron chi connectivity index (χ2n) is 7.11. The van der Waals surface area contributed by atoms with Gasteiger partial charge >= 0.3 is 11.6 Å². The summed E-state index contributed by atoms with van der Waals surface area (Å²) in [5.41, 5.74) is 1.75. The predicted octanol–water partition coefficient (Wildman–Crippen LogP) is 3.91. The van der Waals surface area contributed by atoms with Crippen LogP contribution in [0.1, 0.15) is 25.1 Å². The first kappa shape index (κ1) is 19.5. The number of esters is 1. The molecule has 152 valence electrons. The molecular formula is C22H19N3O5. The van der Waals surface area contributed by atoms with Crippen LogP contribution >= 0.6 is 0 Å². The fraction of sp³-hybridized carbons (Fsp3) is 0.227. The Morgan fingerprint density at radius 1 is 1.20 bits per heavy atom. The maximum absolute atomic E-state index is 12.6. The van der Waals surface area contributed by atoms with E-state index >= 15 is 0 Å². The summed E-state index contributed by atoms with van der Waals surface area (Å²) in [6, 6.07) is 10.9. The van der Waals surface area contributed by atoms with Crippen molar-refractivity contribution in [2.45, 2.75) is 27.4 Å². The van der Waals surface area contributed by atoms with Crippen molar-refractivity contribution in [1.29, 1.82) is 0 Å². The molecule has 0 spiro atoms. The lowest BCUT2D eigenvalue weighted by molar-refractivity contribution is -0.148. The summed E-state index contributed by atoms with van der Waals surface area (Å²) in [6.07, 6.45) is 1.60. The average molecular weight is 405 g/mol. The number of aromatic nitrogens is 3. The van der Waals surface area contributed by atoms with Crippen LogP contribution in [0.15, 0.2) is 56.3 Å². The molecule has 0 fully saturated rings. The van der Waals surface area contributed by atoms with Crippen LogP contribution in [0.5, 0.6) is 0 Å². The summed E-state index contributed by atoms with van der Waals surface area (Å²) in [5.74, 6) is -0.171. The van der Waals surface area contributed by atoms with Gasteiger partial charge in [-0.2, -0.15) is 4.98 Å². The highest BCUT2D eigenvalue weighted by Crippen LogP contribution is 2.26. The smallest absolute Gasteiger partial charge is 0.349 e. The normalized spacial score (nSPS) is 11.2. The molecule has 0 radical (unpaired) electrons. The van der Waals surface area contributed by atoms with Crippen molar-refractivity contribution in [2.24, 2.45) is 5.92 Å². The number of rotatable bonds is 5. The van der Waals surface area contributed by atoms with Crippen molar-refractivity contribution in [2.75, 3.05) is 0 Å². The molecule has 0 aliphatic rings. The number of ether oxygens (including phenoxy) is 1. The first-order valence-corrected chi connectivity index (χ1v) is 9.42. The van der Waals surface area contributed by atoms with Crippen LogP contribution in [0.2, 0.25) is 0 Å². The minimum atomic E-state index is -0.619. The molecule has 4 aromatic rings. The van der Waals surface area contributed by atoms with E-state index in [-0.39, 0.29) is 29.9 Å². The molecule has 0 N–H and O–H groups in total. The summed E-state index contributed by atoms with van der Waals surface area (Å²) < 4.78 is 16.1. The fourth-order valence-corrected chi connectivity index (χ4v) is 2.90. The molecule has 0 bridgehead atoms. The molecule has 0 atom stereocenters. The van der Waals surface area contributed by atoms with Crippen molar-refractivity contribution in [1.82, 2.24) is 15.1 Å². The number of pyridine rings is 1. The highest BCUT2D eigenvalue weighted by atomic mass is 16.5. The fourth-order valence-electron chi connectivity index (χ4n) is 2.90. The Bertz CT molecular complexity index is 1280. The van der Waals surface area contributed by atoms with E-state index in [0.29, 0.717) is 28.1 Å². The van der Waals surface area contributed by atoms with Crippen LogP contribution in [0.25, 0.3) is 33.8 Å². The maximum atomic E-state index is 12.6. The number of aryl methyl sites for hydroxylation is 1. The molecule has 8 heteroatoms. The Morgan fingerprint density at radius 2 is 1.97 bits per heavy atom. The summed E-state index contributed by atoms with van der Waals surface area (Å²) in [6.45, 7) is 5.25. The van der Waals surface area contributed by atoms with Gasteiger partial charge in [-0.1, -0.05) is 49.3 Å². The number of carbonyl (C=O) groups excluding carboxylic acids is 1. The zero-order valence-corrected chi connectivity index (χ0v) is 16.7. The van der Waals surface area contributed by atoms with Gasteiger partial charge in [0.1, 0.15) is 12.2 Å². The van der Waals surface area contributed by atoms with E-state index in [9.17, 15) is 9.59 Å². The van der Waals surface area contributed by atoms with Gasteiger partial charge in [0.05, 0.1) is 11.6 Å². The number of hydrogen-bond acceptors (Lipinski definition) is 8. The van der Waals surface area contributed by atoms with Gasteiger partial charge in [0.2, 0.25) is 5.82 Å². The first-order valence-electron chi connectivity index (χ1n) is 9.42. The van der Waals surface area contributed by atoms with Crippen LogP contribution in [-0.2, 0) is 16.1 Å². The van der Waals surface area contributed by atoms with E-state index in [4.69, 9.17) is 13.7 Å². The van der Waals surface area contributed by atoms with Gasteiger partial charge in [-0.3, -0.25) is 9.78 Å². The number of carbonyl (C=O) groups is 1. The largest absolute Gasteiger partial charge is 0.461 e. The molecule has 0 saturated heterocycles. The summed E-state index contributed by atoms with van der Waals surface area (Å²) in [5, 5.41) is 4.55. The van der Waals surface area contributed by atoms with Gasteiger partial charge in [0.25, 0.3) is 5.89 Å². The Labute approximate surface area is 171 Å². The highest BCUT2D eigenvalue weighted by molar-refractivity contribution is 5.85. The molecular weight excluding hydrogens is 386 g/mol. The van der Waals surface area contributed by atoms with Crippen molar-refractivity contribution < 1.29 is 18.5 Å². The average Bonchev–Trinajstić information content (AvgIpc) is 3.23. The Hall–Kier alpha value is -3.81. The quantitative estimate of drug-likeness (QED) is 0.460. The zero-order valence-electron chi connectivity index (χ0n) is 16.7. The Kier molecular flexibility index (Phi) is 5.14. The predicted molar refractivity (Wildman–Crippen MR) is 108 cm³/mol. The molecule has 0 amide bonds. The lowest BCUT2D eigenvalue weighted by Crippen LogP contribution is -2.12. The highest BCUT2D eigenvalue weighted by Gasteiger charge is 2.19. The topological polar surface area (TPSA) is 108 Å². The molecule has 0 aliphatic carbocycles. The summed E-state index contributed by atoms with van der Waals surface area (Å²) >= 11 is 0. The monoisotopic (exact) mass is 405 g/mol. The van der Waals surface area contributed by atoms with Crippen molar-refractivity contribution >= 4 is 16.9 Å². The summed E-state index contributed by atoms with van der Waals surface area (Å²) in [7, 11) is 0. The van der Waals surface area contributed by atoms with E-state index in [1.54, 1.807) is 33.0 Å². The second kappa shape index (κ2) is 7.90. The minimum Gasteiger partial charge on any atom is -0.461 e. The SMILES string of the molecule is Cc1ncc(COC(=O)C(C)C)c2cc(-c3nc(-c4ccccc4)no3)c(=O)oc12. The third-order valence-corrected chi connectivity index (χ3v) is 4.57. The van der Waals surface area contributed by atoms with Crippen molar-refractivity contribution in [3.8, 4) is 22.8 Å². The molecule has 8 nitrogen and oxygen atoms in total. The molecule has 30 heavy (non-hydrogen) atoms. The third-order valence-electron chi connectivity index (χ3n) is 4.57. The lowest BCUT2D eigenvalue weighted by Gasteiger charge is -2.10. The van der Waals surface area contributed by atoms with Gasteiger partial charge in [-0.05, 0) is 13.0 Å². The zero-order chi connectivity index (χ0) is 21.3. The van der Waals surface area contributed by atoms with E-state index in [0.717, 1.165) is 5.56 Å². The van der Waals surface area contributed by atoms with E-state index < -0.39 is 5.63 Å². The van der Waals surface area contributed by atoms with Crippen LogP contribution < -0.4 is 5.63 Å². The molecule has 0 unspecified atom stereocenters. The van der Waals surface area contributed by atoms with Gasteiger partial charge in [-0.25, -0.2) is 4.79 Å². The van der Waals surface area contributed by atoms with Crippen LogP contribution in [0, 0.1) is 12.8 Å². The standard InChI is InChI=1S/C22H19N3O5/c1-12(2)21(26)28-11-15-10-23-13(3)18-16(15)9-17(22(27)29-18)20-24-19(25-30-20)14-7-5-4-6-8-14/h4-10,12H,11H2,1-3H3. The van der Waals surface area contributed by atoms with E-state index in [1.165, 1.54) is 0 Å². The molecule has 0 saturated carbocycles. The van der Waals surface area contributed by atoms with Crippen molar-refractivity contribution in [3.63, 3.8) is 0 Å². The second-order valence-corrected chi connectivity index (χ2v) is 7.11. The molecule has 4 rings (SSSR count). The van der Waals surface area contributed by atoms with E-state index in [1.807, 2.05) is 30.3 Å². The first-order chi connectivity index (χ1) is 14.4. The van der Waals surface area contributed by atoms with Gasteiger partial charge in [0, 0.05) is 22.7 Å². The maximum Gasteiger partial charge on any atom is 0.349 e. The van der Waals surface area contributed by atoms with Gasteiger partial charge in [-0.15, -0.1) is 0 Å². The number of fused-ring (bicyclic) bond motifs is 1. The summed E-state index contributed by atoms with van der Waals surface area (Å²) in [4.78, 5) is 33.0. The molecule has 3 aromatic heterocycles. The van der Waals surface area contributed by atoms with Gasteiger partial charge in [0.15, 0.2) is 5.58 Å². The number of hydrogen-bond donors (Lipinski definition) is 0. The lowest BCUT2D eigenvalue weighted by atomic mass is 10.1. The molecule has 0 aliphatic heterocycles. The molecule has 3 heterocycles. The third kappa shape index (κ3) is 3.71. The Balaban J connectivity index is 1.77. The number of nitrogens with zero attached hydrogens (tertiary/aromatic N) is 3. The van der Waals surface area contributed by atoms with Crippen LogP contribution in [0.3, 0.4) is 0 Å². The Morgan fingerprint density at radius 3 is 2.70 bits per heavy atom. The van der Waals surface area contributed by atoms with Gasteiger partial charge < -0.3 is 13.7 Å².